The Morgan fingerprint density at radius 2 is 1.72 bits per heavy atom. The van der Waals surface area contributed by atoms with Gasteiger partial charge in [0, 0.05) is 32.3 Å². The van der Waals surface area contributed by atoms with Gasteiger partial charge in [-0.15, -0.1) is 0 Å². The van der Waals surface area contributed by atoms with Crippen LogP contribution in [0.1, 0.15) is 28.8 Å². The van der Waals surface area contributed by atoms with E-state index in [4.69, 9.17) is 9.47 Å². The Bertz CT molecular complexity index is 821. The molecule has 2 rings (SSSR count). The van der Waals surface area contributed by atoms with E-state index in [0.717, 1.165) is 24.3 Å². The third-order valence-electron chi connectivity index (χ3n) is 4.76. The van der Waals surface area contributed by atoms with Crippen molar-refractivity contribution in [2.75, 3.05) is 40.0 Å². The number of alkyl halides is 3. The van der Waals surface area contributed by atoms with Crippen LogP contribution in [-0.2, 0) is 25.2 Å². The van der Waals surface area contributed by atoms with E-state index in [1.165, 1.54) is 12.0 Å². The first-order valence-electron chi connectivity index (χ1n) is 9.81. The highest BCUT2D eigenvalue weighted by Crippen LogP contribution is 2.29. The normalized spacial score (nSPS) is 14.6. The van der Waals surface area contributed by atoms with Gasteiger partial charge in [-0.25, -0.2) is 4.79 Å². The molecular formula is C20H24F3N3O6. The van der Waals surface area contributed by atoms with Crippen LogP contribution in [0.3, 0.4) is 0 Å². The summed E-state index contributed by atoms with van der Waals surface area (Å²) in [5, 5.41) is 4.38. The molecule has 2 N–H and O–H groups in total. The molecular weight excluding hydrogens is 435 g/mol. The van der Waals surface area contributed by atoms with Crippen LogP contribution < -0.4 is 10.6 Å². The minimum absolute atomic E-state index is 0.125. The summed E-state index contributed by atoms with van der Waals surface area (Å²) in [6.45, 7) is 0.290. The second-order valence-corrected chi connectivity index (χ2v) is 7.05. The summed E-state index contributed by atoms with van der Waals surface area (Å²) < 4.78 is 47.6. The van der Waals surface area contributed by atoms with Crippen molar-refractivity contribution in [1.82, 2.24) is 15.5 Å². The molecule has 12 heteroatoms. The van der Waals surface area contributed by atoms with E-state index >= 15 is 0 Å². The number of methoxy groups -OCH3 is 1. The minimum Gasteiger partial charge on any atom is -0.455 e. The molecule has 0 saturated carbocycles. The summed E-state index contributed by atoms with van der Waals surface area (Å²) in [6.07, 6.45) is -3.92. The number of hydrogen-bond donors (Lipinski definition) is 2. The molecule has 0 aliphatic carbocycles. The molecule has 1 aliphatic heterocycles. The van der Waals surface area contributed by atoms with Crippen LogP contribution in [0.15, 0.2) is 24.3 Å². The highest BCUT2D eigenvalue weighted by molar-refractivity contribution is 5.96. The topological polar surface area (TPSA) is 114 Å². The Balaban J connectivity index is 1.74. The zero-order valence-corrected chi connectivity index (χ0v) is 17.4. The van der Waals surface area contributed by atoms with Gasteiger partial charge in [-0.2, -0.15) is 13.2 Å². The van der Waals surface area contributed by atoms with Crippen LogP contribution >= 0.6 is 0 Å². The molecule has 1 aromatic rings. The largest absolute Gasteiger partial charge is 0.455 e. The summed E-state index contributed by atoms with van der Waals surface area (Å²) in [5.74, 6) is -2.37. The van der Waals surface area contributed by atoms with Crippen molar-refractivity contribution in [3.63, 3.8) is 0 Å². The highest BCUT2D eigenvalue weighted by Gasteiger charge is 2.32. The van der Waals surface area contributed by atoms with Gasteiger partial charge in [0.1, 0.15) is 0 Å². The number of carbonyl (C=O) groups excluding carboxylic acids is 4. The molecule has 0 bridgehead atoms. The number of piperidine rings is 1. The predicted molar refractivity (Wildman–Crippen MR) is 104 cm³/mol. The maximum Gasteiger partial charge on any atom is 0.416 e. The Hall–Kier alpha value is -3.15. The van der Waals surface area contributed by atoms with E-state index in [1.54, 1.807) is 0 Å². The van der Waals surface area contributed by atoms with Crippen molar-refractivity contribution in [1.29, 1.82) is 0 Å². The Labute approximate surface area is 182 Å². The summed E-state index contributed by atoms with van der Waals surface area (Å²) in [6, 6.07) is 3.20. The van der Waals surface area contributed by atoms with Crippen LogP contribution in [0.2, 0.25) is 0 Å². The standard InChI is InChI=1S/C20H24F3N3O6/c1-31-11-8-24-19(30)25-16(27)12-32-18(29)14-6-9-26(10-7-14)17(28)13-2-4-15(5-3-13)20(21,22)23/h2-5,14H,6-12H2,1H3,(H2,24,25,27,30). The first-order valence-corrected chi connectivity index (χ1v) is 9.81. The number of hydrogen-bond acceptors (Lipinski definition) is 6. The van der Waals surface area contributed by atoms with Gasteiger partial charge in [-0.1, -0.05) is 0 Å². The number of urea groups is 1. The number of imide groups is 1. The number of halogens is 3. The molecule has 0 radical (unpaired) electrons. The van der Waals surface area contributed by atoms with Crippen LogP contribution in [0.25, 0.3) is 0 Å². The quantitative estimate of drug-likeness (QED) is 0.473. The second-order valence-electron chi connectivity index (χ2n) is 7.05. The molecule has 0 atom stereocenters. The van der Waals surface area contributed by atoms with E-state index < -0.39 is 48.1 Å². The van der Waals surface area contributed by atoms with Crippen molar-refractivity contribution < 1.29 is 41.8 Å². The van der Waals surface area contributed by atoms with E-state index in [0.29, 0.717) is 0 Å². The molecule has 32 heavy (non-hydrogen) atoms. The van der Waals surface area contributed by atoms with Gasteiger partial charge in [0.05, 0.1) is 18.1 Å². The molecule has 1 aromatic carbocycles. The molecule has 1 aliphatic rings. The number of benzene rings is 1. The third kappa shape index (κ3) is 7.52. The van der Waals surface area contributed by atoms with Crippen LogP contribution in [0.5, 0.6) is 0 Å². The van der Waals surface area contributed by atoms with E-state index in [9.17, 15) is 32.3 Å². The molecule has 0 aromatic heterocycles. The lowest BCUT2D eigenvalue weighted by molar-refractivity contribution is -0.153. The maximum atomic E-state index is 12.6. The van der Waals surface area contributed by atoms with Gasteiger partial charge in [-0.05, 0) is 37.1 Å². The first-order chi connectivity index (χ1) is 15.1. The number of nitrogens with one attached hydrogen (secondary N) is 2. The predicted octanol–water partition coefficient (Wildman–Crippen LogP) is 1.57. The molecule has 176 valence electrons. The molecule has 9 nitrogen and oxygen atoms in total. The van der Waals surface area contributed by atoms with Crippen molar-refractivity contribution in [2.45, 2.75) is 19.0 Å². The Morgan fingerprint density at radius 1 is 1.09 bits per heavy atom. The monoisotopic (exact) mass is 459 g/mol. The fourth-order valence-corrected chi connectivity index (χ4v) is 3.03. The van der Waals surface area contributed by atoms with Gasteiger partial charge in [0.15, 0.2) is 6.61 Å². The molecule has 1 fully saturated rings. The molecule has 0 unspecified atom stereocenters. The first kappa shape index (κ1) is 25.1. The summed E-state index contributed by atoms with van der Waals surface area (Å²) in [7, 11) is 1.46. The molecule has 1 heterocycles. The lowest BCUT2D eigenvalue weighted by atomic mass is 9.96. The summed E-state index contributed by atoms with van der Waals surface area (Å²) in [5.41, 5.74) is -0.716. The van der Waals surface area contributed by atoms with Gasteiger partial charge in [-0.3, -0.25) is 19.7 Å². The summed E-state index contributed by atoms with van der Waals surface area (Å²) >= 11 is 0. The second kappa shape index (κ2) is 11.5. The van der Waals surface area contributed by atoms with Crippen molar-refractivity contribution >= 4 is 23.8 Å². The van der Waals surface area contributed by atoms with Crippen molar-refractivity contribution in [3.05, 3.63) is 35.4 Å². The lowest BCUT2D eigenvalue weighted by Crippen LogP contribution is -2.43. The van der Waals surface area contributed by atoms with Crippen LogP contribution in [0.4, 0.5) is 18.0 Å². The zero-order chi connectivity index (χ0) is 23.7. The van der Waals surface area contributed by atoms with Crippen LogP contribution in [-0.4, -0.2) is 68.7 Å². The van der Waals surface area contributed by atoms with Gasteiger partial charge in [0.2, 0.25) is 0 Å². The number of ether oxygens (including phenoxy) is 2. The zero-order valence-electron chi connectivity index (χ0n) is 17.4. The average Bonchev–Trinajstić information content (AvgIpc) is 2.76. The third-order valence-corrected chi connectivity index (χ3v) is 4.76. The fraction of sp³-hybridized carbons (Fsp3) is 0.500. The molecule has 4 amide bonds. The highest BCUT2D eigenvalue weighted by atomic mass is 19.4. The van der Waals surface area contributed by atoms with E-state index in [-0.39, 0.29) is 44.6 Å². The lowest BCUT2D eigenvalue weighted by Gasteiger charge is -2.31. The number of esters is 1. The SMILES string of the molecule is COCCNC(=O)NC(=O)COC(=O)C1CCN(C(=O)c2ccc(C(F)(F)F)cc2)CC1. The van der Waals surface area contributed by atoms with Crippen LogP contribution in [0, 0.1) is 5.92 Å². The molecule has 0 spiro atoms. The average molecular weight is 459 g/mol. The number of nitrogens with zero attached hydrogens (tertiary/aromatic N) is 1. The fourth-order valence-electron chi connectivity index (χ4n) is 3.03. The Morgan fingerprint density at radius 3 is 2.28 bits per heavy atom. The number of carbonyl (C=O) groups is 4. The van der Waals surface area contributed by atoms with Gasteiger partial charge in [0.25, 0.3) is 11.8 Å². The number of rotatable bonds is 7. The maximum absolute atomic E-state index is 12.6. The minimum atomic E-state index is -4.48. The van der Waals surface area contributed by atoms with Gasteiger partial charge >= 0.3 is 18.2 Å². The number of likely N-dealkylation sites (tertiary alicyclic amines) is 1. The van der Waals surface area contributed by atoms with Crippen molar-refractivity contribution in [3.8, 4) is 0 Å². The van der Waals surface area contributed by atoms with Gasteiger partial charge < -0.3 is 19.7 Å². The van der Waals surface area contributed by atoms with Crippen molar-refractivity contribution in [2.24, 2.45) is 5.92 Å². The van der Waals surface area contributed by atoms with E-state index in [1.807, 2.05) is 5.32 Å². The van der Waals surface area contributed by atoms with E-state index in [2.05, 4.69) is 5.32 Å². The summed E-state index contributed by atoms with van der Waals surface area (Å²) in [4.78, 5) is 49.2. The number of amides is 4. The molecule has 1 saturated heterocycles. The Kier molecular flexibility index (Phi) is 9.00. The smallest absolute Gasteiger partial charge is 0.416 e.